The van der Waals surface area contributed by atoms with Gasteiger partial charge in [0, 0.05) is 31.8 Å². The average Bonchev–Trinajstić information content (AvgIpc) is 3.13. The topological polar surface area (TPSA) is 59.8 Å². The summed E-state index contributed by atoms with van der Waals surface area (Å²) in [4.78, 5) is 2.27. The molecule has 0 fully saturated rings. The standard InChI is InChI=1S/C27H35N3O3/c1-5-7-14-22(31)19-30(17-6-2)20-25-26(21-12-9-8-10-13-21)28-29(3)27(25)33-24-16-11-15-23(18-24)32-4/h5,8-13,15-16,18,22,31H,1,6-7,14,17,19-20H2,2-4H3. The van der Waals surface area contributed by atoms with Crippen molar-refractivity contribution in [3.8, 4) is 28.6 Å². The Labute approximate surface area is 197 Å². The summed E-state index contributed by atoms with van der Waals surface area (Å²) in [6, 6.07) is 17.7. The van der Waals surface area contributed by atoms with Gasteiger partial charge < -0.3 is 14.6 Å². The highest BCUT2D eigenvalue weighted by Crippen LogP contribution is 2.35. The maximum Gasteiger partial charge on any atom is 0.222 e. The Morgan fingerprint density at radius 2 is 1.91 bits per heavy atom. The predicted molar refractivity (Wildman–Crippen MR) is 133 cm³/mol. The summed E-state index contributed by atoms with van der Waals surface area (Å²) < 4.78 is 13.5. The van der Waals surface area contributed by atoms with Crippen LogP contribution in [0.3, 0.4) is 0 Å². The van der Waals surface area contributed by atoms with Crippen LogP contribution in [-0.2, 0) is 13.6 Å². The van der Waals surface area contributed by atoms with Gasteiger partial charge in [0.05, 0.1) is 18.8 Å². The van der Waals surface area contributed by atoms with Crippen molar-refractivity contribution in [1.82, 2.24) is 14.7 Å². The van der Waals surface area contributed by atoms with Gasteiger partial charge in [-0.2, -0.15) is 5.10 Å². The molecule has 2 aromatic carbocycles. The van der Waals surface area contributed by atoms with Crippen molar-refractivity contribution < 1.29 is 14.6 Å². The second-order valence-corrected chi connectivity index (χ2v) is 8.16. The van der Waals surface area contributed by atoms with Crippen LogP contribution in [0, 0.1) is 0 Å². The number of ether oxygens (including phenoxy) is 2. The fraction of sp³-hybridized carbons (Fsp3) is 0.370. The summed E-state index contributed by atoms with van der Waals surface area (Å²) in [6.07, 6.45) is 3.93. The van der Waals surface area contributed by atoms with E-state index in [2.05, 4.69) is 30.5 Å². The molecule has 0 saturated heterocycles. The lowest BCUT2D eigenvalue weighted by atomic mass is 10.1. The van der Waals surface area contributed by atoms with E-state index >= 15 is 0 Å². The van der Waals surface area contributed by atoms with Crippen LogP contribution in [0.1, 0.15) is 31.7 Å². The lowest BCUT2D eigenvalue weighted by Crippen LogP contribution is -2.33. The zero-order valence-electron chi connectivity index (χ0n) is 19.9. The molecule has 0 amide bonds. The Balaban J connectivity index is 1.97. The third-order valence-electron chi connectivity index (χ3n) is 5.49. The van der Waals surface area contributed by atoms with Crippen molar-refractivity contribution in [3.63, 3.8) is 0 Å². The van der Waals surface area contributed by atoms with Gasteiger partial charge in [-0.05, 0) is 37.9 Å². The molecule has 0 aliphatic carbocycles. The number of nitrogens with zero attached hydrogens (tertiary/aromatic N) is 3. The quantitative estimate of drug-likeness (QED) is 0.353. The minimum atomic E-state index is -0.408. The van der Waals surface area contributed by atoms with Crippen molar-refractivity contribution in [3.05, 3.63) is 72.8 Å². The van der Waals surface area contributed by atoms with Crippen LogP contribution in [-0.4, -0.2) is 46.1 Å². The molecule has 33 heavy (non-hydrogen) atoms. The van der Waals surface area contributed by atoms with Gasteiger partial charge in [0.2, 0.25) is 5.88 Å². The number of rotatable bonds is 13. The first-order valence-electron chi connectivity index (χ1n) is 11.5. The van der Waals surface area contributed by atoms with E-state index in [1.807, 2.05) is 55.6 Å². The van der Waals surface area contributed by atoms with Gasteiger partial charge in [0.1, 0.15) is 17.2 Å². The molecule has 1 aromatic heterocycles. The molecule has 1 unspecified atom stereocenters. The van der Waals surface area contributed by atoms with Crippen LogP contribution < -0.4 is 9.47 Å². The van der Waals surface area contributed by atoms with Crippen LogP contribution in [0.2, 0.25) is 0 Å². The molecule has 0 spiro atoms. The Morgan fingerprint density at radius 3 is 2.61 bits per heavy atom. The molecular weight excluding hydrogens is 414 g/mol. The zero-order valence-corrected chi connectivity index (χ0v) is 19.9. The van der Waals surface area contributed by atoms with Crippen LogP contribution in [0.15, 0.2) is 67.3 Å². The molecule has 0 aliphatic heterocycles. The Morgan fingerprint density at radius 1 is 1.15 bits per heavy atom. The minimum Gasteiger partial charge on any atom is -0.497 e. The second kappa shape index (κ2) is 12.2. The highest BCUT2D eigenvalue weighted by atomic mass is 16.5. The first kappa shape index (κ1) is 24.6. The van der Waals surface area contributed by atoms with E-state index < -0.39 is 6.10 Å². The van der Waals surface area contributed by atoms with E-state index in [0.717, 1.165) is 42.0 Å². The molecule has 6 nitrogen and oxygen atoms in total. The number of hydrogen-bond acceptors (Lipinski definition) is 5. The van der Waals surface area contributed by atoms with Crippen molar-refractivity contribution in [2.75, 3.05) is 20.2 Å². The first-order chi connectivity index (χ1) is 16.0. The van der Waals surface area contributed by atoms with Gasteiger partial charge in [-0.15, -0.1) is 6.58 Å². The summed E-state index contributed by atoms with van der Waals surface area (Å²) in [5.74, 6) is 2.10. The number of aryl methyl sites for hydroxylation is 1. The molecule has 6 heteroatoms. The maximum atomic E-state index is 10.6. The fourth-order valence-electron chi connectivity index (χ4n) is 3.90. The third-order valence-corrected chi connectivity index (χ3v) is 5.49. The predicted octanol–water partition coefficient (Wildman–Crippen LogP) is 5.43. The largest absolute Gasteiger partial charge is 0.497 e. The van der Waals surface area contributed by atoms with Crippen LogP contribution in [0.4, 0.5) is 0 Å². The van der Waals surface area contributed by atoms with Gasteiger partial charge >= 0.3 is 0 Å². The molecule has 176 valence electrons. The van der Waals surface area contributed by atoms with Gasteiger partial charge in [0.25, 0.3) is 0 Å². The number of aromatic nitrogens is 2. The molecule has 1 atom stereocenters. The summed E-state index contributed by atoms with van der Waals surface area (Å²) >= 11 is 0. The highest BCUT2D eigenvalue weighted by molar-refractivity contribution is 5.65. The summed E-state index contributed by atoms with van der Waals surface area (Å²) in [6.45, 7) is 7.99. The Bertz CT molecular complexity index is 1020. The second-order valence-electron chi connectivity index (χ2n) is 8.16. The molecule has 0 bridgehead atoms. The lowest BCUT2D eigenvalue weighted by molar-refractivity contribution is 0.102. The highest BCUT2D eigenvalue weighted by Gasteiger charge is 2.23. The van der Waals surface area contributed by atoms with Crippen molar-refractivity contribution in [1.29, 1.82) is 0 Å². The van der Waals surface area contributed by atoms with Gasteiger partial charge in [-0.25, -0.2) is 4.68 Å². The smallest absolute Gasteiger partial charge is 0.222 e. The zero-order chi connectivity index (χ0) is 23.6. The molecule has 0 radical (unpaired) electrons. The maximum absolute atomic E-state index is 10.6. The van der Waals surface area contributed by atoms with Gasteiger partial charge in [0.15, 0.2) is 0 Å². The average molecular weight is 450 g/mol. The Kier molecular flexibility index (Phi) is 9.10. The van der Waals surface area contributed by atoms with E-state index in [0.29, 0.717) is 31.1 Å². The summed E-state index contributed by atoms with van der Waals surface area (Å²) in [5, 5.41) is 15.4. The van der Waals surface area contributed by atoms with Crippen molar-refractivity contribution >= 4 is 0 Å². The molecule has 1 N–H and O–H groups in total. The summed E-state index contributed by atoms with van der Waals surface area (Å²) in [5.41, 5.74) is 2.92. The van der Waals surface area contributed by atoms with Crippen molar-refractivity contribution in [2.45, 2.75) is 38.8 Å². The molecule has 0 aliphatic rings. The number of allylic oxidation sites excluding steroid dienone is 1. The number of methoxy groups -OCH3 is 1. The molecule has 3 aromatic rings. The monoisotopic (exact) mass is 449 g/mol. The fourth-order valence-corrected chi connectivity index (χ4v) is 3.90. The van der Waals surface area contributed by atoms with E-state index in [1.54, 1.807) is 11.8 Å². The number of aliphatic hydroxyl groups excluding tert-OH is 1. The van der Waals surface area contributed by atoms with Gasteiger partial charge in [-0.3, -0.25) is 4.90 Å². The minimum absolute atomic E-state index is 0.408. The third kappa shape index (κ3) is 6.70. The Hall–Kier alpha value is -3.09. The van der Waals surface area contributed by atoms with E-state index in [1.165, 1.54) is 0 Å². The van der Waals surface area contributed by atoms with Gasteiger partial charge in [-0.1, -0.05) is 49.4 Å². The van der Waals surface area contributed by atoms with E-state index in [9.17, 15) is 5.11 Å². The van der Waals surface area contributed by atoms with E-state index in [4.69, 9.17) is 14.6 Å². The molecular formula is C27H35N3O3. The lowest BCUT2D eigenvalue weighted by Gasteiger charge is -2.25. The SMILES string of the molecule is C=CCCC(O)CN(CCC)Cc1c(-c2ccccc2)nn(C)c1Oc1cccc(OC)c1. The van der Waals surface area contributed by atoms with Crippen LogP contribution in [0.5, 0.6) is 17.4 Å². The number of benzene rings is 2. The van der Waals surface area contributed by atoms with Crippen molar-refractivity contribution in [2.24, 2.45) is 7.05 Å². The molecule has 0 saturated carbocycles. The first-order valence-corrected chi connectivity index (χ1v) is 11.5. The number of aliphatic hydroxyl groups is 1. The number of hydrogen-bond donors (Lipinski definition) is 1. The van der Waals surface area contributed by atoms with E-state index in [-0.39, 0.29) is 0 Å². The normalized spacial score (nSPS) is 12.0. The van der Waals surface area contributed by atoms with Crippen LogP contribution >= 0.6 is 0 Å². The van der Waals surface area contributed by atoms with Crippen LogP contribution in [0.25, 0.3) is 11.3 Å². The molecule has 1 heterocycles. The molecule has 3 rings (SSSR count). The summed E-state index contributed by atoms with van der Waals surface area (Å²) in [7, 11) is 3.54.